The summed E-state index contributed by atoms with van der Waals surface area (Å²) in [5.74, 6) is 0.206. The van der Waals surface area contributed by atoms with E-state index in [9.17, 15) is 4.79 Å². The molecule has 0 fully saturated rings. The lowest BCUT2D eigenvalue weighted by atomic mass is 10.0. The molecule has 0 aliphatic carbocycles. The summed E-state index contributed by atoms with van der Waals surface area (Å²) in [7, 11) is 0. The number of hydrogen-bond acceptors (Lipinski definition) is 2. The summed E-state index contributed by atoms with van der Waals surface area (Å²) in [6.07, 6.45) is 4.04. The maximum Gasteiger partial charge on any atom is 0.157 e. The largest absolute Gasteiger partial charge is 0.373 e. The Balaban J connectivity index is 2.06. The first-order valence-corrected chi connectivity index (χ1v) is 5.75. The van der Waals surface area contributed by atoms with Crippen LogP contribution in [0.3, 0.4) is 0 Å². The number of Topliss-reactive ketones (excluding diaryl/α,β-unsaturated/α-hetero) is 1. The van der Waals surface area contributed by atoms with Crippen molar-refractivity contribution >= 4 is 5.78 Å². The molecule has 0 saturated carbocycles. The molecule has 0 unspecified atom stereocenters. The molecule has 0 spiro atoms. The van der Waals surface area contributed by atoms with E-state index in [2.05, 4.69) is 29.2 Å². The van der Waals surface area contributed by atoms with Crippen molar-refractivity contribution in [1.29, 1.82) is 0 Å². The maximum absolute atomic E-state index is 11.3. The highest BCUT2D eigenvalue weighted by molar-refractivity contribution is 5.93. The Bertz CT molecular complexity index is 394. The van der Waals surface area contributed by atoms with E-state index in [-0.39, 0.29) is 5.78 Å². The van der Waals surface area contributed by atoms with Crippen LogP contribution in [0.1, 0.15) is 25.3 Å². The van der Waals surface area contributed by atoms with Crippen LogP contribution in [0.4, 0.5) is 0 Å². The first kappa shape index (κ1) is 10.9. The summed E-state index contributed by atoms with van der Waals surface area (Å²) < 4.78 is 0. The van der Waals surface area contributed by atoms with E-state index in [1.54, 1.807) is 6.92 Å². The van der Waals surface area contributed by atoms with Crippen LogP contribution < -0.4 is 0 Å². The fraction of sp³-hybridized carbons (Fsp3) is 0.357. The summed E-state index contributed by atoms with van der Waals surface area (Å²) >= 11 is 0. The normalized spacial score (nSPS) is 15.8. The van der Waals surface area contributed by atoms with Crippen molar-refractivity contribution in [3.8, 4) is 0 Å². The lowest BCUT2D eigenvalue weighted by Gasteiger charge is -2.26. The second kappa shape index (κ2) is 4.97. The van der Waals surface area contributed by atoms with Gasteiger partial charge in [-0.2, -0.15) is 0 Å². The highest BCUT2D eigenvalue weighted by atomic mass is 16.1. The first-order valence-electron chi connectivity index (χ1n) is 5.75. The second-order valence-corrected chi connectivity index (χ2v) is 4.27. The number of rotatable bonds is 3. The highest BCUT2D eigenvalue weighted by Gasteiger charge is 2.13. The van der Waals surface area contributed by atoms with Gasteiger partial charge in [-0.3, -0.25) is 4.79 Å². The van der Waals surface area contributed by atoms with Gasteiger partial charge in [0.05, 0.1) is 0 Å². The van der Waals surface area contributed by atoms with Crippen molar-refractivity contribution < 1.29 is 4.79 Å². The standard InChI is InChI=1S/C14H17NO/c1-12(16)14-8-5-9-15(11-14)10-13-6-3-2-4-7-13/h2-4,6-7,11H,5,8-10H2,1H3. The molecule has 0 saturated heterocycles. The van der Waals surface area contributed by atoms with Gasteiger partial charge in [0.1, 0.15) is 0 Å². The Morgan fingerprint density at radius 3 is 2.75 bits per heavy atom. The average Bonchev–Trinajstić information content (AvgIpc) is 2.30. The molecule has 1 aromatic rings. The van der Waals surface area contributed by atoms with Gasteiger partial charge in [0.25, 0.3) is 0 Å². The van der Waals surface area contributed by atoms with Crippen LogP contribution in [0.15, 0.2) is 42.1 Å². The summed E-state index contributed by atoms with van der Waals surface area (Å²) in [6.45, 7) is 3.60. The Kier molecular flexibility index (Phi) is 3.40. The van der Waals surface area contributed by atoms with Crippen molar-refractivity contribution in [3.05, 3.63) is 47.7 Å². The number of hydrogen-bond donors (Lipinski definition) is 0. The molecule has 0 atom stereocenters. The highest BCUT2D eigenvalue weighted by Crippen LogP contribution is 2.17. The third-order valence-corrected chi connectivity index (χ3v) is 2.91. The molecule has 84 valence electrons. The van der Waals surface area contributed by atoms with Crippen LogP contribution in [0.25, 0.3) is 0 Å². The van der Waals surface area contributed by atoms with Gasteiger partial charge in [-0.05, 0) is 25.3 Å². The summed E-state index contributed by atoms with van der Waals surface area (Å²) in [6, 6.07) is 10.4. The minimum atomic E-state index is 0.206. The lowest BCUT2D eigenvalue weighted by Crippen LogP contribution is -2.24. The fourth-order valence-electron chi connectivity index (χ4n) is 2.03. The van der Waals surface area contributed by atoms with E-state index in [1.165, 1.54) is 5.56 Å². The molecule has 16 heavy (non-hydrogen) atoms. The van der Waals surface area contributed by atoms with E-state index in [4.69, 9.17) is 0 Å². The van der Waals surface area contributed by atoms with Crippen molar-refractivity contribution in [2.45, 2.75) is 26.3 Å². The topological polar surface area (TPSA) is 20.3 Å². The van der Waals surface area contributed by atoms with Crippen molar-refractivity contribution in [3.63, 3.8) is 0 Å². The van der Waals surface area contributed by atoms with Gasteiger partial charge in [-0.25, -0.2) is 0 Å². The van der Waals surface area contributed by atoms with Crippen LogP contribution in [0.5, 0.6) is 0 Å². The summed E-state index contributed by atoms with van der Waals surface area (Å²) in [5.41, 5.74) is 2.26. The minimum absolute atomic E-state index is 0.206. The van der Waals surface area contributed by atoms with Crippen LogP contribution >= 0.6 is 0 Å². The van der Waals surface area contributed by atoms with Crippen LogP contribution in [0.2, 0.25) is 0 Å². The van der Waals surface area contributed by atoms with E-state index >= 15 is 0 Å². The molecule has 2 nitrogen and oxygen atoms in total. The average molecular weight is 215 g/mol. The van der Waals surface area contributed by atoms with Crippen molar-refractivity contribution in [2.24, 2.45) is 0 Å². The third kappa shape index (κ3) is 2.72. The zero-order chi connectivity index (χ0) is 11.4. The Morgan fingerprint density at radius 2 is 2.06 bits per heavy atom. The maximum atomic E-state index is 11.3. The Morgan fingerprint density at radius 1 is 1.31 bits per heavy atom. The van der Waals surface area contributed by atoms with Crippen LogP contribution in [0, 0.1) is 0 Å². The molecule has 0 aromatic heterocycles. The Labute approximate surface area is 96.6 Å². The molecule has 2 heteroatoms. The molecule has 0 N–H and O–H groups in total. The SMILES string of the molecule is CC(=O)C1=CN(Cc2ccccc2)CCC1. The molecule has 2 rings (SSSR count). The van der Waals surface area contributed by atoms with Crippen LogP contribution in [-0.4, -0.2) is 17.2 Å². The molecule has 0 bridgehead atoms. The predicted molar refractivity (Wildman–Crippen MR) is 64.9 cm³/mol. The molecule has 1 aliphatic rings. The van der Waals surface area contributed by atoms with Gasteiger partial charge in [0.2, 0.25) is 0 Å². The van der Waals surface area contributed by atoms with E-state index in [0.29, 0.717) is 0 Å². The number of carbonyl (C=O) groups excluding carboxylic acids is 1. The van der Waals surface area contributed by atoms with Crippen LogP contribution in [-0.2, 0) is 11.3 Å². The first-order chi connectivity index (χ1) is 7.75. The molecule has 1 heterocycles. The lowest BCUT2D eigenvalue weighted by molar-refractivity contribution is -0.113. The molecule has 1 aliphatic heterocycles. The Hall–Kier alpha value is -1.57. The van der Waals surface area contributed by atoms with Gasteiger partial charge in [0.15, 0.2) is 5.78 Å². The molecule has 0 radical (unpaired) electrons. The van der Waals surface area contributed by atoms with Crippen molar-refractivity contribution in [2.75, 3.05) is 6.54 Å². The number of allylic oxidation sites excluding steroid dienone is 1. The number of carbonyl (C=O) groups is 1. The molecule has 1 aromatic carbocycles. The minimum Gasteiger partial charge on any atom is -0.373 e. The van der Waals surface area contributed by atoms with Gasteiger partial charge in [-0.1, -0.05) is 30.3 Å². The zero-order valence-corrected chi connectivity index (χ0v) is 9.65. The summed E-state index contributed by atoms with van der Waals surface area (Å²) in [5, 5.41) is 0. The van der Waals surface area contributed by atoms with E-state index in [0.717, 1.165) is 31.5 Å². The molecular weight excluding hydrogens is 198 g/mol. The predicted octanol–water partition coefficient (Wildman–Crippen LogP) is 2.76. The van der Waals surface area contributed by atoms with Gasteiger partial charge in [0, 0.05) is 24.9 Å². The fourth-order valence-corrected chi connectivity index (χ4v) is 2.03. The second-order valence-electron chi connectivity index (χ2n) is 4.27. The van der Waals surface area contributed by atoms with Crippen molar-refractivity contribution in [1.82, 2.24) is 4.90 Å². The van der Waals surface area contributed by atoms with E-state index in [1.807, 2.05) is 12.3 Å². The third-order valence-electron chi connectivity index (χ3n) is 2.91. The number of benzene rings is 1. The zero-order valence-electron chi connectivity index (χ0n) is 9.65. The van der Waals surface area contributed by atoms with Gasteiger partial charge in [-0.15, -0.1) is 0 Å². The number of ketones is 1. The smallest absolute Gasteiger partial charge is 0.157 e. The summed E-state index contributed by atoms with van der Waals surface area (Å²) in [4.78, 5) is 13.5. The van der Waals surface area contributed by atoms with Gasteiger partial charge < -0.3 is 4.90 Å². The number of nitrogens with zero attached hydrogens (tertiary/aromatic N) is 1. The quantitative estimate of drug-likeness (QED) is 0.772. The van der Waals surface area contributed by atoms with Gasteiger partial charge >= 0.3 is 0 Å². The molecular formula is C14H17NO. The van der Waals surface area contributed by atoms with E-state index < -0.39 is 0 Å². The molecule has 0 amide bonds. The monoisotopic (exact) mass is 215 g/mol.